The molecular formula is C14H28N2. The van der Waals surface area contributed by atoms with Gasteiger partial charge in [0.25, 0.3) is 0 Å². The van der Waals surface area contributed by atoms with Crippen molar-refractivity contribution in [2.24, 2.45) is 11.1 Å². The molecule has 2 N–H and O–H groups in total. The lowest BCUT2D eigenvalue weighted by Gasteiger charge is -2.49. The molecule has 3 atom stereocenters. The van der Waals surface area contributed by atoms with Gasteiger partial charge in [-0.3, -0.25) is 4.90 Å². The standard InChI is InChI=1S/C14H28N2/c1-5-12-7-6-11(2)16(12)14(4,10-15)13(3)8-9-13/h11-12H,5-10,15H2,1-4H3. The van der Waals surface area contributed by atoms with Crippen LogP contribution in [0.1, 0.15) is 59.8 Å². The Morgan fingerprint density at radius 3 is 2.44 bits per heavy atom. The highest BCUT2D eigenvalue weighted by molar-refractivity contribution is 5.12. The molecule has 2 aliphatic rings. The lowest BCUT2D eigenvalue weighted by Crippen LogP contribution is -2.60. The third kappa shape index (κ3) is 1.62. The van der Waals surface area contributed by atoms with Crippen LogP contribution in [0, 0.1) is 5.41 Å². The maximum atomic E-state index is 6.15. The second-order valence-electron chi connectivity index (χ2n) is 6.43. The van der Waals surface area contributed by atoms with E-state index in [4.69, 9.17) is 5.73 Å². The zero-order chi connectivity index (χ0) is 12.0. The molecule has 2 nitrogen and oxygen atoms in total. The molecule has 16 heavy (non-hydrogen) atoms. The molecule has 0 amide bonds. The predicted molar refractivity (Wildman–Crippen MR) is 69.4 cm³/mol. The molecule has 0 aromatic heterocycles. The van der Waals surface area contributed by atoms with Gasteiger partial charge < -0.3 is 5.73 Å². The molecule has 1 aliphatic heterocycles. The Morgan fingerprint density at radius 2 is 2.00 bits per heavy atom. The van der Waals surface area contributed by atoms with Crippen molar-refractivity contribution >= 4 is 0 Å². The molecule has 1 saturated carbocycles. The fourth-order valence-corrected chi connectivity index (χ4v) is 3.75. The summed E-state index contributed by atoms with van der Waals surface area (Å²) in [5.74, 6) is 0. The summed E-state index contributed by atoms with van der Waals surface area (Å²) in [6, 6.07) is 1.48. The van der Waals surface area contributed by atoms with E-state index < -0.39 is 0 Å². The average Bonchev–Trinajstić information content (AvgIpc) is 2.91. The van der Waals surface area contributed by atoms with Gasteiger partial charge >= 0.3 is 0 Å². The van der Waals surface area contributed by atoms with Crippen LogP contribution in [0.3, 0.4) is 0 Å². The number of likely N-dealkylation sites (tertiary alicyclic amines) is 1. The van der Waals surface area contributed by atoms with Crippen molar-refractivity contribution in [3.8, 4) is 0 Å². The first-order valence-corrected chi connectivity index (χ1v) is 6.97. The molecule has 0 spiro atoms. The minimum atomic E-state index is 0.226. The molecule has 0 radical (unpaired) electrons. The summed E-state index contributed by atoms with van der Waals surface area (Å²) >= 11 is 0. The third-order valence-electron chi connectivity index (χ3n) is 5.52. The molecule has 2 rings (SSSR count). The van der Waals surface area contributed by atoms with Gasteiger partial charge in [-0.1, -0.05) is 13.8 Å². The second-order valence-corrected chi connectivity index (χ2v) is 6.43. The minimum Gasteiger partial charge on any atom is -0.329 e. The van der Waals surface area contributed by atoms with E-state index in [0.717, 1.165) is 18.6 Å². The molecule has 0 aromatic rings. The van der Waals surface area contributed by atoms with Crippen LogP contribution < -0.4 is 5.73 Å². The van der Waals surface area contributed by atoms with Crippen molar-refractivity contribution in [3.63, 3.8) is 0 Å². The first kappa shape index (κ1) is 12.4. The van der Waals surface area contributed by atoms with Crippen LogP contribution in [0.15, 0.2) is 0 Å². The summed E-state index contributed by atoms with van der Waals surface area (Å²) in [4.78, 5) is 2.76. The third-order valence-corrected chi connectivity index (χ3v) is 5.52. The fraction of sp³-hybridized carbons (Fsp3) is 1.00. The van der Waals surface area contributed by atoms with E-state index >= 15 is 0 Å². The molecule has 0 aromatic carbocycles. The summed E-state index contributed by atoms with van der Waals surface area (Å²) in [5.41, 5.74) is 6.86. The number of rotatable bonds is 4. The molecule has 1 aliphatic carbocycles. The lowest BCUT2D eigenvalue weighted by molar-refractivity contribution is 0.00788. The first-order chi connectivity index (χ1) is 7.48. The SMILES string of the molecule is CCC1CCC(C)N1C(C)(CN)C1(C)CC1. The summed E-state index contributed by atoms with van der Waals surface area (Å²) in [5, 5.41) is 0. The predicted octanol–water partition coefficient (Wildman–Crippen LogP) is 2.77. The highest BCUT2D eigenvalue weighted by Crippen LogP contribution is 2.57. The van der Waals surface area contributed by atoms with Gasteiger partial charge in [0.2, 0.25) is 0 Å². The molecule has 3 unspecified atom stereocenters. The maximum absolute atomic E-state index is 6.15. The van der Waals surface area contributed by atoms with Gasteiger partial charge in [-0.2, -0.15) is 0 Å². The normalized spacial score (nSPS) is 37.3. The van der Waals surface area contributed by atoms with Crippen molar-refractivity contribution in [1.29, 1.82) is 0 Å². The zero-order valence-corrected chi connectivity index (χ0v) is 11.4. The molecule has 2 fully saturated rings. The maximum Gasteiger partial charge on any atom is 0.0362 e. The Bertz CT molecular complexity index is 259. The summed E-state index contributed by atoms with van der Waals surface area (Å²) in [7, 11) is 0. The highest BCUT2D eigenvalue weighted by atomic mass is 15.3. The van der Waals surface area contributed by atoms with Crippen LogP contribution >= 0.6 is 0 Å². The van der Waals surface area contributed by atoms with E-state index in [1.807, 2.05) is 0 Å². The van der Waals surface area contributed by atoms with Crippen molar-refractivity contribution in [2.45, 2.75) is 77.4 Å². The van der Waals surface area contributed by atoms with Crippen molar-refractivity contribution in [3.05, 3.63) is 0 Å². The summed E-state index contributed by atoms with van der Waals surface area (Å²) in [6.45, 7) is 10.4. The fourth-order valence-electron chi connectivity index (χ4n) is 3.75. The zero-order valence-electron chi connectivity index (χ0n) is 11.4. The summed E-state index contributed by atoms with van der Waals surface area (Å²) in [6.07, 6.45) is 6.71. The molecule has 1 heterocycles. The number of nitrogens with zero attached hydrogens (tertiary/aromatic N) is 1. The quantitative estimate of drug-likeness (QED) is 0.795. The van der Waals surface area contributed by atoms with E-state index in [2.05, 4.69) is 32.6 Å². The molecule has 2 heteroatoms. The van der Waals surface area contributed by atoms with Crippen molar-refractivity contribution < 1.29 is 0 Å². The molecule has 0 bridgehead atoms. The van der Waals surface area contributed by atoms with Gasteiger partial charge in [0.05, 0.1) is 0 Å². The smallest absolute Gasteiger partial charge is 0.0362 e. The van der Waals surface area contributed by atoms with E-state index in [9.17, 15) is 0 Å². The van der Waals surface area contributed by atoms with Crippen molar-refractivity contribution in [2.75, 3.05) is 6.54 Å². The molecule has 1 saturated heterocycles. The minimum absolute atomic E-state index is 0.226. The van der Waals surface area contributed by atoms with Crippen LogP contribution in [-0.2, 0) is 0 Å². The monoisotopic (exact) mass is 224 g/mol. The van der Waals surface area contributed by atoms with E-state index in [1.165, 1.54) is 32.1 Å². The van der Waals surface area contributed by atoms with Gasteiger partial charge in [0.15, 0.2) is 0 Å². The van der Waals surface area contributed by atoms with Gasteiger partial charge in [-0.05, 0) is 51.4 Å². The van der Waals surface area contributed by atoms with Crippen LogP contribution in [-0.4, -0.2) is 29.1 Å². The van der Waals surface area contributed by atoms with Crippen molar-refractivity contribution in [1.82, 2.24) is 4.90 Å². The Morgan fingerprint density at radius 1 is 1.38 bits per heavy atom. The van der Waals surface area contributed by atoms with Crippen LogP contribution in [0.25, 0.3) is 0 Å². The van der Waals surface area contributed by atoms with E-state index in [1.54, 1.807) is 0 Å². The largest absolute Gasteiger partial charge is 0.329 e. The van der Waals surface area contributed by atoms with Crippen LogP contribution in [0.4, 0.5) is 0 Å². The van der Waals surface area contributed by atoms with Gasteiger partial charge in [-0.25, -0.2) is 0 Å². The molecule has 94 valence electrons. The number of nitrogens with two attached hydrogens (primary N) is 1. The molecular weight excluding hydrogens is 196 g/mol. The summed E-state index contributed by atoms with van der Waals surface area (Å²) < 4.78 is 0. The first-order valence-electron chi connectivity index (χ1n) is 6.97. The second kappa shape index (κ2) is 3.99. The van der Waals surface area contributed by atoms with Gasteiger partial charge in [-0.15, -0.1) is 0 Å². The highest BCUT2D eigenvalue weighted by Gasteiger charge is 2.57. The number of hydrogen-bond donors (Lipinski definition) is 1. The Balaban J connectivity index is 2.25. The van der Waals surface area contributed by atoms with Crippen LogP contribution in [0.5, 0.6) is 0 Å². The topological polar surface area (TPSA) is 29.3 Å². The van der Waals surface area contributed by atoms with Gasteiger partial charge in [0, 0.05) is 24.2 Å². The Hall–Kier alpha value is -0.0800. The van der Waals surface area contributed by atoms with E-state index in [0.29, 0.717) is 5.41 Å². The number of hydrogen-bond acceptors (Lipinski definition) is 2. The lowest BCUT2D eigenvalue weighted by atomic mass is 9.80. The Kier molecular flexibility index (Phi) is 3.09. The Labute approximate surface area is 101 Å². The van der Waals surface area contributed by atoms with Gasteiger partial charge in [0.1, 0.15) is 0 Å². The average molecular weight is 224 g/mol. The van der Waals surface area contributed by atoms with Crippen LogP contribution in [0.2, 0.25) is 0 Å². The van der Waals surface area contributed by atoms with E-state index in [-0.39, 0.29) is 5.54 Å².